The Hall–Kier alpha value is -1.78. The van der Waals surface area contributed by atoms with Crippen molar-refractivity contribution in [1.29, 1.82) is 0 Å². The summed E-state index contributed by atoms with van der Waals surface area (Å²) in [6.07, 6.45) is 0. The maximum absolute atomic E-state index is 6.24. The molecule has 0 heterocycles. The molecule has 1 N–H and O–H groups in total. The summed E-state index contributed by atoms with van der Waals surface area (Å²) in [5.41, 5.74) is 2.61. The van der Waals surface area contributed by atoms with Crippen LogP contribution >= 0.6 is 46.4 Å². The molecule has 0 saturated heterocycles. The molecule has 0 aromatic heterocycles. The predicted octanol–water partition coefficient (Wildman–Crippen LogP) is 7.50. The summed E-state index contributed by atoms with van der Waals surface area (Å²) in [6.45, 7) is 0.821. The highest BCUT2D eigenvalue weighted by Crippen LogP contribution is 2.34. The molecular weight excluding hydrogens is 440 g/mol. The molecule has 0 radical (unpaired) electrons. The second-order valence-corrected chi connectivity index (χ2v) is 7.62. The molecule has 0 amide bonds. The first kappa shape index (κ1) is 20.9. The zero-order valence-electron chi connectivity index (χ0n) is 14.9. The van der Waals surface area contributed by atoms with Crippen LogP contribution in [0.25, 0.3) is 0 Å². The Bertz CT molecular complexity index is 979. The van der Waals surface area contributed by atoms with Crippen LogP contribution in [0.15, 0.2) is 54.6 Å². The second-order valence-electron chi connectivity index (χ2n) is 5.96. The van der Waals surface area contributed by atoms with Crippen LogP contribution in [-0.4, -0.2) is 7.11 Å². The van der Waals surface area contributed by atoms with Crippen molar-refractivity contribution < 1.29 is 9.47 Å². The Kier molecular flexibility index (Phi) is 7.19. The van der Waals surface area contributed by atoms with Gasteiger partial charge >= 0.3 is 0 Å². The van der Waals surface area contributed by atoms with E-state index in [2.05, 4.69) is 5.32 Å². The fraction of sp³-hybridized carbons (Fsp3) is 0.143. The normalized spacial score (nSPS) is 10.6. The third kappa shape index (κ3) is 5.18. The van der Waals surface area contributed by atoms with Crippen molar-refractivity contribution in [2.75, 3.05) is 12.4 Å². The fourth-order valence-electron chi connectivity index (χ4n) is 2.63. The van der Waals surface area contributed by atoms with E-state index in [1.54, 1.807) is 31.4 Å². The van der Waals surface area contributed by atoms with Crippen LogP contribution in [0.2, 0.25) is 20.1 Å². The number of benzene rings is 3. The van der Waals surface area contributed by atoms with Gasteiger partial charge in [-0.05, 0) is 42.0 Å². The van der Waals surface area contributed by atoms with Gasteiger partial charge in [0.05, 0.1) is 27.9 Å². The van der Waals surface area contributed by atoms with Crippen molar-refractivity contribution in [2.24, 2.45) is 0 Å². The quantitative estimate of drug-likeness (QED) is 0.399. The summed E-state index contributed by atoms with van der Waals surface area (Å²) < 4.78 is 11.5. The Balaban J connectivity index is 1.78. The van der Waals surface area contributed by atoms with E-state index in [1.807, 2.05) is 30.3 Å². The lowest BCUT2D eigenvalue weighted by Gasteiger charge is -2.16. The van der Waals surface area contributed by atoms with Gasteiger partial charge in [0.1, 0.15) is 6.61 Å². The minimum atomic E-state index is 0.325. The summed E-state index contributed by atoms with van der Waals surface area (Å²) in [5.74, 6) is 1.29. The zero-order chi connectivity index (χ0) is 20.1. The molecule has 0 unspecified atom stereocenters. The molecule has 3 rings (SSSR count). The molecule has 0 atom stereocenters. The van der Waals surface area contributed by atoms with E-state index in [0.717, 1.165) is 16.8 Å². The van der Waals surface area contributed by atoms with Crippen LogP contribution in [0.3, 0.4) is 0 Å². The predicted molar refractivity (Wildman–Crippen MR) is 118 cm³/mol. The van der Waals surface area contributed by atoms with E-state index < -0.39 is 0 Å². The van der Waals surface area contributed by atoms with Crippen LogP contribution in [0.1, 0.15) is 11.1 Å². The van der Waals surface area contributed by atoms with Gasteiger partial charge in [-0.2, -0.15) is 0 Å². The summed E-state index contributed by atoms with van der Waals surface area (Å²) in [5, 5.41) is 5.43. The highest BCUT2D eigenvalue weighted by atomic mass is 35.5. The van der Waals surface area contributed by atoms with Crippen LogP contribution < -0.4 is 14.8 Å². The van der Waals surface area contributed by atoms with E-state index in [0.29, 0.717) is 44.7 Å². The fourth-order valence-corrected chi connectivity index (χ4v) is 3.43. The monoisotopic (exact) mass is 455 g/mol. The highest BCUT2D eigenvalue weighted by Gasteiger charge is 2.12. The smallest absolute Gasteiger partial charge is 0.166 e. The lowest BCUT2D eigenvalue weighted by Crippen LogP contribution is -2.05. The number of halogens is 4. The van der Waals surface area contributed by atoms with Gasteiger partial charge in [-0.3, -0.25) is 0 Å². The van der Waals surface area contributed by atoms with Gasteiger partial charge in [0.2, 0.25) is 0 Å². The molecule has 146 valence electrons. The van der Waals surface area contributed by atoms with Gasteiger partial charge < -0.3 is 14.8 Å². The lowest BCUT2D eigenvalue weighted by atomic mass is 10.1. The van der Waals surface area contributed by atoms with Crippen molar-refractivity contribution >= 4 is 52.1 Å². The Morgan fingerprint density at radius 2 is 1.68 bits per heavy atom. The molecule has 0 aliphatic carbocycles. The Labute approximate surface area is 184 Å². The Morgan fingerprint density at radius 3 is 2.39 bits per heavy atom. The van der Waals surface area contributed by atoms with E-state index >= 15 is 0 Å². The molecule has 7 heteroatoms. The summed E-state index contributed by atoms with van der Waals surface area (Å²) in [7, 11) is 1.61. The van der Waals surface area contributed by atoms with Gasteiger partial charge in [0.15, 0.2) is 11.5 Å². The first-order valence-corrected chi connectivity index (χ1v) is 9.90. The van der Waals surface area contributed by atoms with Gasteiger partial charge in [-0.25, -0.2) is 0 Å². The van der Waals surface area contributed by atoms with Gasteiger partial charge in [0.25, 0.3) is 0 Å². The maximum atomic E-state index is 6.24. The van der Waals surface area contributed by atoms with Crippen LogP contribution in [0.5, 0.6) is 11.5 Å². The molecule has 0 aliphatic rings. The number of methoxy groups -OCH3 is 1. The zero-order valence-corrected chi connectivity index (χ0v) is 18.0. The molecule has 0 fully saturated rings. The summed E-state index contributed by atoms with van der Waals surface area (Å²) >= 11 is 24.2. The molecule has 0 saturated carbocycles. The van der Waals surface area contributed by atoms with E-state index in [9.17, 15) is 0 Å². The first-order chi connectivity index (χ1) is 13.5. The van der Waals surface area contributed by atoms with Crippen molar-refractivity contribution in [2.45, 2.75) is 13.2 Å². The van der Waals surface area contributed by atoms with Crippen LogP contribution in [0.4, 0.5) is 5.69 Å². The van der Waals surface area contributed by atoms with Crippen LogP contribution in [0, 0.1) is 0 Å². The molecule has 0 spiro atoms. The minimum absolute atomic E-state index is 0.325. The first-order valence-electron chi connectivity index (χ1n) is 8.39. The highest BCUT2D eigenvalue weighted by molar-refractivity contribution is 6.42. The average molecular weight is 457 g/mol. The van der Waals surface area contributed by atoms with Gasteiger partial charge in [-0.15, -0.1) is 0 Å². The SMILES string of the molecule is COc1cccc(CNc2ccc(Cl)cc2Cl)c1OCc1ccc(Cl)c(Cl)c1. The number of hydrogen-bond donors (Lipinski definition) is 1. The Morgan fingerprint density at radius 1 is 0.857 bits per heavy atom. The number of ether oxygens (including phenoxy) is 2. The van der Waals surface area contributed by atoms with Gasteiger partial charge in [0, 0.05) is 17.1 Å². The lowest BCUT2D eigenvalue weighted by molar-refractivity contribution is 0.281. The standard InChI is InChI=1S/C21H17Cl4NO2/c1-27-20-4-2-3-14(11-26-19-8-6-15(22)10-18(19)25)21(20)28-12-13-5-7-16(23)17(24)9-13/h2-10,26H,11-12H2,1H3. The third-order valence-corrected chi connectivity index (χ3v) is 5.33. The minimum Gasteiger partial charge on any atom is -0.493 e. The topological polar surface area (TPSA) is 30.5 Å². The number of hydrogen-bond acceptors (Lipinski definition) is 3. The number of rotatable bonds is 7. The van der Waals surface area contributed by atoms with E-state index in [4.69, 9.17) is 55.9 Å². The molecule has 28 heavy (non-hydrogen) atoms. The second kappa shape index (κ2) is 9.62. The summed E-state index contributed by atoms with van der Waals surface area (Å²) in [4.78, 5) is 0. The molecule has 0 aliphatic heterocycles. The molecule has 3 nitrogen and oxygen atoms in total. The number of anilines is 1. The molecule has 3 aromatic carbocycles. The largest absolute Gasteiger partial charge is 0.493 e. The summed E-state index contributed by atoms with van der Waals surface area (Å²) in [6, 6.07) is 16.4. The van der Waals surface area contributed by atoms with Crippen molar-refractivity contribution in [3.63, 3.8) is 0 Å². The molecule has 0 bridgehead atoms. The molecular formula is C21H17Cl4NO2. The van der Waals surface area contributed by atoms with Crippen LogP contribution in [-0.2, 0) is 13.2 Å². The van der Waals surface area contributed by atoms with E-state index in [1.165, 1.54) is 0 Å². The van der Waals surface area contributed by atoms with Crippen molar-refractivity contribution in [3.05, 3.63) is 85.8 Å². The number of para-hydroxylation sites is 1. The molecule has 3 aromatic rings. The maximum Gasteiger partial charge on any atom is 0.166 e. The number of nitrogens with one attached hydrogen (secondary N) is 1. The van der Waals surface area contributed by atoms with E-state index in [-0.39, 0.29) is 0 Å². The van der Waals surface area contributed by atoms with Crippen molar-refractivity contribution in [3.8, 4) is 11.5 Å². The average Bonchev–Trinajstić information content (AvgIpc) is 2.68. The van der Waals surface area contributed by atoms with Crippen molar-refractivity contribution in [1.82, 2.24) is 0 Å². The third-order valence-electron chi connectivity index (χ3n) is 4.05. The van der Waals surface area contributed by atoms with Gasteiger partial charge in [-0.1, -0.05) is 64.6 Å².